The Morgan fingerprint density at radius 1 is 0.756 bits per heavy atom. The first-order chi connectivity index (χ1) is 20.1. The van der Waals surface area contributed by atoms with Crippen molar-refractivity contribution in [3.63, 3.8) is 0 Å². The first-order valence-electron chi connectivity index (χ1n) is 14.6. The van der Waals surface area contributed by atoms with Crippen molar-refractivity contribution in [2.75, 3.05) is 0 Å². The van der Waals surface area contributed by atoms with Gasteiger partial charge in [-0.3, -0.25) is 9.48 Å². The summed E-state index contributed by atoms with van der Waals surface area (Å²) in [5, 5.41) is 9.53. The Balaban J connectivity index is 1.34. The largest absolute Gasteiger partial charge is 0.469 e. The van der Waals surface area contributed by atoms with Gasteiger partial charge < -0.3 is 9.47 Å². The van der Waals surface area contributed by atoms with Gasteiger partial charge in [-0.25, -0.2) is 0 Å². The Bertz CT molecular complexity index is 1570. The molecule has 0 fully saturated rings. The number of hydrogen-bond donors (Lipinski definition) is 0. The fraction of sp³-hybridized carbons (Fsp3) is 0.324. The quantitative estimate of drug-likeness (QED) is 0.215. The molecule has 2 aliphatic carbocycles. The van der Waals surface area contributed by atoms with Crippen LogP contribution < -0.4 is 9.47 Å². The van der Waals surface area contributed by atoms with Crippen LogP contribution >= 0.6 is 0 Å². The van der Waals surface area contributed by atoms with Gasteiger partial charge in [0.25, 0.3) is 5.91 Å². The van der Waals surface area contributed by atoms with Crippen molar-refractivity contribution in [1.29, 1.82) is 0 Å². The number of aromatic nitrogens is 4. The Morgan fingerprint density at radius 2 is 1.27 bits per heavy atom. The number of hydrogen-bond acceptors (Lipinski definition) is 5. The summed E-state index contributed by atoms with van der Waals surface area (Å²) in [6.07, 6.45) is 14.6. The normalized spacial score (nSPS) is 18.4. The molecule has 2 unspecified atom stereocenters. The van der Waals surface area contributed by atoms with Gasteiger partial charge >= 0.3 is 0 Å². The Labute approximate surface area is 241 Å². The van der Waals surface area contributed by atoms with Crippen molar-refractivity contribution in [3.05, 3.63) is 96.4 Å². The fourth-order valence-corrected chi connectivity index (χ4v) is 5.67. The van der Waals surface area contributed by atoms with Gasteiger partial charge in [-0.15, -0.1) is 10.2 Å². The molecular formula is C34H36N4O3. The highest BCUT2D eigenvalue weighted by Gasteiger charge is 2.26. The van der Waals surface area contributed by atoms with Gasteiger partial charge in [0.1, 0.15) is 18.8 Å². The zero-order valence-electron chi connectivity index (χ0n) is 23.7. The number of allylic oxidation sites excluding steroid dienone is 2. The summed E-state index contributed by atoms with van der Waals surface area (Å²) in [5.41, 5.74) is 5.35. The maximum Gasteiger partial charge on any atom is 0.268 e. The Hall–Kier alpha value is -4.39. The molecule has 41 heavy (non-hydrogen) atoms. The molecule has 2 heterocycles. The van der Waals surface area contributed by atoms with Gasteiger partial charge in [0.15, 0.2) is 0 Å². The molecule has 0 bridgehead atoms. The van der Waals surface area contributed by atoms with Crippen molar-refractivity contribution >= 4 is 5.91 Å². The third-order valence-electron chi connectivity index (χ3n) is 7.85. The zero-order chi connectivity index (χ0) is 28.2. The molecule has 4 aromatic rings. The minimum absolute atomic E-state index is 0.0229. The van der Waals surface area contributed by atoms with Gasteiger partial charge in [-0.1, -0.05) is 72.8 Å². The van der Waals surface area contributed by atoms with Crippen LogP contribution in [-0.2, 0) is 6.54 Å². The maximum atomic E-state index is 13.8. The van der Waals surface area contributed by atoms with Crippen LogP contribution in [0.5, 0.6) is 11.8 Å². The number of carbonyl (C=O) groups is 1. The van der Waals surface area contributed by atoms with Crippen molar-refractivity contribution in [1.82, 2.24) is 19.6 Å². The number of nitrogens with zero attached hydrogens (tertiary/aromatic N) is 4. The van der Waals surface area contributed by atoms with Gasteiger partial charge in [0.05, 0.1) is 16.8 Å². The minimum atomic E-state index is -0.192. The molecule has 2 atom stereocenters. The van der Waals surface area contributed by atoms with E-state index in [1.165, 1.54) is 4.68 Å². The van der Waals surface area contributed by atoms with Crippen molar-refractivity contribution < 1.29 is 14.3 Å². The molecule has 0 aliphatic heterocycles. The first-order valence-corrected chi connectivity index (χ1v) is 14.6. The lowest BCUT2D eigenvalue weighted by Gasteiger charge is -2.17. The lowest BCUT2D eigenvalue weighted by molar-refractivity contribution is 0.0862. The first kappa shape index (κ1) is 26.8. The van der Waals surface area contributed by atoms with E-state index in [0.29, 0.717) is 11.8 Å². The second kappa shape index (κ2) is 12.0. The van der Waals surface area contributed by atoms with Crippen LogP contribution in [-0.4, -0.2) is 37.7 Å². The van der Waals surface area contributed by atoms with Crippen LogP contribution in [0.25, 0.3) is 22.3 Å². The molecule has 0 spiro atoms. The van der Waals surface area contributed by atoms with E-state index in [2.05, 4.69) is 24.3 Å². The van der Waals surface area contributed by atoms with E-state index < -0.39 is 0 Å². The summed E-state index contributed by atoms with van der Waals surface area (Å²) in [6.45, 7) is 3.93. The van der Waals surface area contributed by atoms with Gasteiger partial charge in [-0.2, -0.15) is 4.68 Å². The number of ether oxygens (including phenoxy) is 2. The monoisotopic (exact) mass is 548 g/mol. The third kappa shape index (κ3) is 5.75. The average molecular weight is 549 g/mol. The van der Waals surface area contributed by atoms with Crippen LogP contribution in [0, 0.1) is 13.8 Å². The molecule has 2 aromatic carbocycles. The van der Waals surface area contributed by atoms with Crippen molar-refractivity contribution in [2.45, 2.75) is 71.1 Å². The molecule has 0 saturated carbocycles. The molecule has 2 aliphatic rings. The lowest BCUT2D eigenvalue weighted by Crippen LogP contribution is -2.22. The van der Waals surface area contributed by atoms with E-state index in [0.717, 1.165) is 72.2 Å². The van der Waals surface area contributed by atoms with E-state index in [1.807, 2.05) is 74.5 Å². The molecule has 7 heteroatoms. The molecule has 0 N–H and O–H groups in total. The molecule has 0 radical (unpaired) electrons. The second-order valence-corrected chi connectivity index (χ2v) is 10.8. The summed E-state index contributed by atoms with van der Waals surface area (Å²) in [6, 6.07) is 20.1. The smallest absolute Gasteiger partial charge is 0.268 e. The summed E-state index contributed by atoms with van der Waals surface area (Å²) in [4.78, 5) is 13.8. The van der Waals surface area contributed by atoms with Gasteiger partial charge in [0.2, 0.25) is 11.8 Å². The summed E-state index contributed by atoms with van der Waals surface area (Å²) in [5.74, 6) is 0.838. The summed E-state index contributed by atoms with van der Waals surface area (Å²) >= 11 is 0. The standard InChI is InChI=1S/C34H36N4O3/c1-24-31(26-15-7-3-8-16-26)33(40-28-19-11-5-12-20-28)35-37(24)23-30(39)38-25(2)32(27-17-9-4-10-18-27)34(36-38)41-29-21-13-6-14-22-29/h3-4,7-11,13,15-19,21,28-29H,5-6,12,14,20,22-23H2,1-2H3. The second-order valence-electron chi connectivity index (χ2n) is 10.8. The number of carbonyl (C=O) groups excluding carboxylic acids is 1. The summed E-state index contributed by atoms with van der Waals surface area (Å²) < 4.78 is 16.0. The highest BCUT2D eigenvalue weighted by Crippen LogP contribution is 2.36. The van der Waals surface area contributed by atoms with E-state index in [-0.39, 0.29) is 24.7 Å². The summed E-state index contributed by atoms with van der Waals surface area (Å²) in [7, 11) is 0. The molecule has 7 nitrogen and oxygen atoms in total. The van der Waals surface area contributed by atoms with Crippen molar-refractivity contribution in [3.8, 4) is 34.0 Å². The topological polar surface area (TPSA) is 71.2 Å². The zero-order valence-corrected chi connectivity index (χ0v) is 23.7. The molecular weight excluding hydrogens is 512 g/mol. The van der Waals surface area contributed by atoms with E-state index in [4.69, 9.17) is 19.7 Å². The van der Waals surface area contributed by atoms with Crippen LogP contribution in [0.15, 0.2) is 85.0 Å². The number of benzene rings is 2. The third-order valence-corrected chi connectivity index (χ3v) is 7.85. The minimum Gasteiger partial charge on any atom is -0.469 e. The van der Waals surface area contributed by atoms with Crippen molar-refractivity contribution in [2.24, 2.45) is 0 Å². The average Bonchev–Trinajstić information content (AvgIpc) is 3.49. The van der Waals surface area contributed by atoms with E-state index in [9.17, 15) is 4.79 Å². The van der Waals surface area contributed by atoms with Crippen LogP contribution in [0.2, 0.25) is 0 Å². The predicted octanol–water partition coefficient (Wildman–Crippen LogP) is 7.35. The van der Waals surface area contributed by atoms with Crippen LogP contribution in [0.3, 0.4) is 0 Å². The SMILES string of the molecule is Cc1c(-c2ccccc2)c(OC2C=CCCC2)nn1CC(=O)n1nc(OC2C=CCCC2)c(-c2ccccc2)c1C. The maximum absolute atomic E-state index is 13.8. The number of rotatable bonds is 8. The highest BCUT2D eigenvalue weighted by molar-refractivity contribution is 5.83. The molecule has 0 amide bonds. The Morgan fingerprint density at radius 3 is 1.78 bits per heavy atom. The highest BCUT2D eigenvalue weighted by atomic mass is 16.5. The molecule has 0 saturated heterocycles. The molecule has 2 aromatic heterocycles. The van der Waals surface area contributed by atoms with E-state index in [1.54, 1.807) is 4.68 Å². The fourth-order valence-electron chi connectivity index (χ4n) is 5.67. The van der Waals surface area contributed by atoms with Crippen LogP contribution in [0.4, 0.5) is 0 Å². The van der Waals surface area contributed by atoms with Crippen LogP contribution in [0.1, 0.15) is 54.7 Å². The molecule has 6 rings (SSSR count). The lowest BCUT2D eigenvalue weighted by atomic mass is 10.0. The van der Waals surface area contributed by atoms with Gasteiger partial charge in [-0.05, 0) is 75.7 Å². The predicted molar refractivity (Wildman–Crippen MR) is 160 cm³/mol. The van der Waals surface area contributed by atoms with E-state index >= 15 is 0 Å². The molecule has 210 valence electrons. The Kier molecular flexibility index (Phi) is 7.85. The van der Waals surface area contributed by atoms with Gasteiger partial charge in [0, 0.05) is 5.69 Å².